The zero-order valence-corrected chi connectivity index (χ0v) is 15.8. The summed E-state index contributed by atoms with van der Waals surface area (Å²) in [6.45, 7) is 0.115. The lowest BCUT2D eigenvalue weighted by Crippen LogP contribution is -2.33. The molecule has 2 aromatic rings. The third-order valence-electron chi connectivity index (χ3n) is 3.57. The number of amides is 2. The van der Waals surface area contributed by atoms with Crippen molar-refractivity contribution in [1.29, 1.82) is 0 Å². The number of para-hydroxylation sites is 1. The Labute approximate surface area is 158 Å². The van der Waals surface area contributed by atoms with Gasteiger partial charge in [-0.15, -0.1) is 0 Å². The van der Waals surface area contributed by atoms with Crippen LogP contribution in [0.25, 0.3) is 6.08 Å². The number of hydrogen-bond acceptors (Lipinski definition) is 5. The first-order chi connectivity index (χ1) is 12.1. The smallest absolute Gasteiger partial charge is 0.295 e. The molecule has 2 aromatic carbocycles. The van der Waals surface area contributed by atoms with Crippen LogP contribution in [-0.4, -0.2) is 29.8 Å². The fraction of sp³-hybridized carbons (Fsp3) is 0.111. The maximum atomic E-state index is 12.5. The van der Waals surface area contributed by atoms with E-state index in [4.69, 9.17) is 4.74 Å². The third-order valence-corrected chi connectivity index (χ3v) is 4.97. The minimum atomic E-state index is -0.316. The Morgan fingerprint density at radius 3 is 2.76 bits per heavy atom. The first-order valence-corrected chi connectivity index (χ1v) is 9.07. The number of imide groups is 1. The lowest BCUT2D eigenvalue weighted by Gasteiger charge is -2.14. The second kappa shape index (κ2) is 7.76. The first kappa shape index (κ1) is 17.6. The molecular weight excluding hydrogens is 404 g/mol. The molecule has 25 heavy (non-hydrogen) atoms. The van der Waals surface area contributed by atoms with E-state index in [0.29, 0.717) is 10.7 Å². The lowest BCUT2D eigenvalue weighted by atomic mass is 10.2. The zero-order valence-electron chi connectivity index (χ0n) is 13.4. The van der Waals surface area contributed by atoms with Crippen molar-refractivity contribution in [3.8, 4) is 5.75 Å². The number of benzene rings is 2. The number of nitrogens with zero attached hydrogens (tertiary/aromatic N) is 1. The van der Waals surface area contributed by atoms with Crippen LogP contribution < -0.4 is 10.1 Å². The number of anilines is 1. The van der Waals surface area contributed by atoms with Gasteiger partial charge in [0.25, 0.3) is 11.1 Å². The van der Waals surface area contributed by atoms with E-state index < -0.39 is 0 Å². The van der Waals surface area contributed by atoms with Gasteiger partial charge in [-0.2, -0.15) is 0 Å². The standard InChI is InChI=1S/C18H15BrN2O3S/c1-24-15-8-3-2-5-12(15)9-16-17(22)21(18(23)25-16)11-20-14-7-4-6-13(19)10-14/h2-10,20H,11H2,1H3/b16-9-. The molecule has 5 nitrogen and oxygen atoms in total. The zero-order chi connectivity index (χ0) is 17.8. The van der Waals surface area contributed by atoms with Crippen molar-refractivity contribution in [2.75, 3.05) is 19.1 Å². The van der Waals surface area contributed by atoms with Gasteiger partial charge in [-0.25, -0.2) is 0 Å². The summed E-state index contributed by atoms with van der Waals surface area (Å²) in [6, 6.07) is 14.9. The minimum Gasteiger partial charge on any atom is -0.496 e. The first-order valence-electron chi connectivity index (χ1n) is 7.46. The highest BCUT2D eigenvalue weighted by Crippen LogP contribution is 2.33. The van der Waals surface area contributed by atoms with E-state index in [1.165, 1.54) is 4.90 Å². The van der Waals surface area contributed by atoms with Crippen LogP contribution >= 0.6 is 27.7 Å². The summed E-state index contributed by atoms with van der Waals surface area (Å²) in [7, 11) is 1.57. The summed E-state index contributed by atoms with van der Waals surface area (Å²) in [5.74, 6) is 0.338. The van der Waals surface area contributed by atoms with E-state index in [1.807, 2.05) is 48.5 Å². The van der Waals surface area contributed by atoms with Crippen LogP contribution in [0.3, 0.4) is 0 Å². The largest absolute Gasteiger partial charge is 0.496 e. The van der Waals surface area contributed by atoms with E-state index in [0.717, 1.165) is 27.5 Å². The topological polar surface area (TPSA) is 58.6 Å². The van der Waals surface area contributed by atoms with Gasteiger partial charge in [-0.05, 0) is 42.1 Å². The summed E-state index contributed by atoms with van der Waals surface area (Å²) in [5, 5.41) is 2.79. The summed E-state index contributed by atoms with van der Waals surface area (Å²) in [6.07, 6.45) is 1.68. The molecule has 128 valence electrons. The molecule has 1 N–H and O–H groups in total. The predicted octanol–water partition coefficient (Wildman–Crippen LogP) is 4.56. The van der Waals surface area contributed by atoms with Gasteiger partial charge in [0.1, 0.15) is 5.75 Å². The summed E-state index contributed by atoms with van der Waals surface area (Å²) in [4.78, 5) is 26.3. The number of hydrogen-bond donors (Lipinski definition) is 1. The van der Waals surface area contributed by atoms with E-state index >= 15 is 0 Å². The second-order valence-electron chi connectivity index (χ2n) is 5.20. The number of methoxy groups -OCH3 is 1. The van der Waals surface area contributed by atoms with E-state index in [-0.39, 0.29) is 17.8 Å². The predicted molar refractivity (Wildman–Crippen MR) is 103 cm³/mol. The Bertz CT molecular complexity index is 854. The van der Waals surface area contributed by atoms with Crippen molar-refractivity contribution < 1.29 is 14.3 Å². The molecule has 0 bridgehead atoms. The monoisotopic (exact) mass is 418 g/mol. The fourth-order valence-corrected chi connectivity index (χ4v) is 3.56. The van der Waals surface area contributed by atoms with Gasteiger partial charge in [0.15, 0.2) is 0 Å². The SMILES string of the molecule is COc1ccccc1/C=C1\SC(=O)N(CNc2cccc(Br)c2)C1=O. The summed E-state index contributed by atoms with van der Waals surface area (Å²) < 4.78 is 6.20. The maximum absolute atomic E-state index is 12.5. The van der Waals surface area contributed by atoms with E-state index in [2.05, 4.69) is 21.2 Å². The highest BCUT2D eigenvalue weighted by Gasteiger charge is 2.34. The molecule has 0 unspecified atom stereocenters. The normalized spacial score (nSPS) is 15.8. The Kier molecular flexibility index (Phi) is 5.45. The second-order valence-corrected chi connectivity index (χ2v) is 7.11. The number of carbonyl (C=O) groups is 2. The Balaban J connectivity index is 1.75. The van der Waals surface area contributed by atoms with Crippen molar-refractivity contribution in [2.45, 2.75) is 0 Å². The maximum Gasteiger partial charge on any atom is 0.295 e. The van der Waals surface area contributed by atoms with Crippen molar-refractivity contribution in [3.05, 3.63) is 63.5 Å². The minimum absolute atomic E-state index is 0.115. The molecule has 1 saturated heterocycles. The molecule has 3 rings (SSSR count). The number of nitrogens with one attached hydrogen (secondary N) is 1. The van der Waals surface area contributed by atoms with Crippen molar-refractivity contribution in [2.24, 2.45) is 0 Å². The van der Waals surface area contributed by atoms with Crippen LogP contribution in [0.5, 0.6) is 5.75 Å². The van der Waals surface area contributed by atoms with Crippen molar-refractivity contribution in [3.63, 3.8) is 0 Å². The molecule has 1 fully saturated rings. The van der Waals surface area contributed by atoms with Gasteiger partial charge >= 0.3 is 0 Å². The van der Waals surface area contributed by atoms with Crippen LogP contribution in [0.2, 0.25) is 0 Å². The van der Waals surface area contributed by atoms with Crippen LogP contribution in [-0.2, 0) is 4.79 Å². The summed E-state index contributed by atoms with van der Waals surface area (Å²) in [5.41, 5.74) is 1.58. The summed E-state index contributed by atoms with van der Waals surface area (Å²) >= 11 is 4.31. The van der Waals surface area contributed by atoms with Crippen molar-refractivity contribution >= 4 is 50.6 Å². The molecule has 0 atom stereocenters. The molecule has 0 spiro atoms. The van der Waals surface area contributed by atoms with Gasteiger partial charge in [-0.1, -0.05) is 40.2 Å². The van der Waals surface area contributed by atoms with Gasteiger partial charge < -0.3 is 10.1 Å². The van der Waals surface area contributed by atoms with Crippen LogP contribution in [0.4, 0.5) is 10.5 Å². The highest BCUT2D eigenvalue weighted by atomic mass is 79.9. The molecule has 1 aliphatic heterocycles. The van der Waals surface area contributed by atoms with E-state index in [9.17, 15) is 9.59 Å². The lowest BCUT2D eigenvalue weighted by molar-refractivity contribution is -0.122. The van der Waals surface area contributed by atoms with Gasteiger partial charge in [0, 0.05) is 15.7 Å². The van der Waals surface area contributed by atoms with Crippen LogP contribution in [0.1, 0.15) is 5.56 Å². The number of thioether (sulfide) groups is 1. The molecule has 0 aliphatic carbocycles. The van der Waals surface area contributed by atoms with Gasteiger partial charge in [-0.3, -0.25) is 14.5 Å². The number of carbonyl (C=O) groups excluding carboxylic acids is 2. The Hall–Kier alpha value is -2.25. The average Bonchev–Trinajstić information content (AvgIpc) is 2.87. The number of rotatable bonds is 5. The van der Waals surface area contributed by atoms with E-state index in [1.54, 1.807) is 13.2 Å². The van der Waals surface area contributed by atoms with Gasteiger partial charge in [0.2, 0.25) is 0 Å². The molecule has 2 amide bonds. The fourth-order valence-electron chi connectivity index (χ4n) is 2.33. The van der Waals surface area contributed by atoms with Gasteiger partial charge in [0.05, 0.1) is 18.7 Å². The Morgan fingerprint density at radius 1 is 1.20 bits per heavy atom. The Morgan fingerprint density at radius 2 is 2.00 bits per heavy atom. The number of ether oxygens (including phenoxy) is 1. The molecule has 1 aliphatic rings. The quantitative estimate of drug-likeness (QED) is 0.720. The van der Waals surface area contributed by atoms with Crippen LogP contribution in [0, 0.1) is 0 Å². The number of halogens is 1. The molecule has 0 saturated carbocycles. The molecule has 7 heteroatoms. The molecule has 1 heterocycles. The van der Waals surface area contributed by atoms with Crippen molar-refractivity contribution in [1.82, 2.24) is 4.90 Å². The molecule has 0 radical (unpaired) electrons. The highest BCUT2D eigenvalue weighted by molar-refractivity contribution is 9.10. The molecule has 0 aromatic heterocycles. The van der Waals surface area contributed by atoms with Crippen LogP contribution in [0.15, 0.2) is 57.9 Å². The molecular formula is C18H15BrN2O3S. The third kappa shape index (κ3) is 4.05. The average molecular weight is 419 g/mol.